The first kappa shape index (κ1) is 16.7. The number of carbonyl (C=O) groups excluding carboxylic acids is 1. The average Bonchev–Trinajstić information content (AvgIpc) is 3.23. The van der Waals surface area contributed by atoms with E-state index in [1.165, 1.54) is 0 Å². The van der Waals surface area contributed by atoms with Gasteiger partial charge < -0.3 is 10.6 Å². The molecular formula is C17H21N7O. The lowest BCUT2D eigenvalue weighted by atomic mass is 10.1. The predicted molar refractivity (Wildman–Crippen MR) is 93.1 cm³/mol. The van der Waals surface area contributed by atoms with Crippen LogP contribution in [0.1, 0.15) is 29.9 Å². The number of rotatable bonds is 5. The smallest absolute Gasteiger partial charge is 0.315 e. The van der Waals surface area contributed by atoms with Gasteiger partial charge in [0.25, 0.3) is 0 Å². The summed E-state index contributed by atoms with van der Waals surface area (Å²) in [5.41, 5.74) is 3.82. The van der Waals surface area contributed by atoms with Gasteiger partial charge in [-0.15, -0.1) is 5.10 Å². The summed E-state index contributed by atoms with van der Waals surface area (Å²) in [6, 6.07) is 9.44. The maximum Gasteiger partial charge on any atom is 0.315 e. The molecule has 1 aromatic carbocycles. The van der Waals surface area contributed by atoms with Crippen molar-refractivity contribution in [1.82, 2.24) is 35.4 Å². The van der Waals surface area contributed by atoms with E-state index in [4.69, 9.17) is 0 Å². The highest BCUT2D eigenvalue weighted by Gasteiger charge is 2.10. The zero-order valence-corrected chi connectivity index (χ0v) is 14.5. The Bertz CT molecular complexity index is 837. The summed E-state index contributed by atoms with van der Waals surface area (Å²) in [6.45, 7) is 4.30. The van der Waals surface area contributed by atoms with Crippen LogP contribution < -0.4 is 10.6 Å². The van der Waals surface area contributed by atoms with E-state index >= 15 is 0 Å². The van der Waals surface area contributed by atoms with Gasteiger partial charge in [-0.05, 0) is 37.6 Å². The SMILES string of the molecule is Cc1cc(CNC(=O)N[C@@H](C)c2ccc(-n3ccnn3)cc2)n(C)n1. The molecule has 0 radical (unpaired) electrons. The van der Waals surface area contributed by atoms with Crippen LogP contribution in [0.4, 0.5) is 4.79 Å². The van der Waals surface area contributed by atoms with Crippen molar-refractivity contribution in [3.8, 4) is 5.69 Å². The van der Waals surface area contributed by atoms with E-state index in [0.29, 0.717) is 6.54 Å². The number of nitrogens with zero attached hydrogens (tertiary/aromatic N) is 5. The molecule has 3 rings (SSSR count). The number of hydrogen-bond acceptors (Lipinski definition) is 4. The molecule has 0 saturated carbocycles. The molecule has 2 amide bonds. The van der Waals surface area contributed by atoms with Crippen LogP contribution in [0.2, 0.25) is 0 Å². The van der Waals surface area contributed by atoms with Gasteiger partial charge in [0.1, 0.15) is 0 Å². The molecule has 2 heterocycles. The number of aromatic nitrogens is 5. The molecule has 0 bridgehead atoms. The molecule has 130 valence electrons. The minimum absolute atomic E-state index is 0.113. The minimum Gasteiger partial charge on any atom is -0.333 e. The monoisotopic (exact) mass is 339 g/mol. The van der Waals surface area contributed by atoms with Crippen LogP contribution in [0.3, 0.4) is 0 Å². The Hall–Kier alpha value is -3.16. The molecule has 3 aromatic rings. The second kappa shape index (κ2) is 7.16. The largest absolute Gasteiger partial charge is 0.333 e. The molecule has 2 aromatic heterocycles. The Labute approximate surface area is 145 Å². The Morgan fingerprint density at radius 1 is 1.28 bits per heavy atom. The van der Waals surface area contributed by atoms with Crippen molar-refractivity contribution in [2.45, 2.75) is 26.4 Å². The van der Waals surface area contributed by atoms with Gasteiger partial charge in [-0.25, -0.2) is 9.48 Å². The summed E-state index contributed by atoms with van der Waals surface area (Å²) in [5, 5.41) is 17.8. The lowest BCUT2D eigenvalue weighted by Gasteiger charge is -2.15. The zero-order chi connectivity index (χ0) is 17.8. The fourth-order valence-corrected chi connectivity index (χ4v) is 2.59. The number of nitrogens with one attached hydrogen (secondary N) is 2. The van der Waals surface area contributed by atoms with E-state index in [1.807, 2.05) is 51.2 Å². The number of hydrogen-bond donors (Lipinski definition) is 2. The standard InChI is InChI=1S/C17H21N7O/c1-12-10-16(23(3)21-12)11-18-17(25)20-13(2)14-4-6-15(7-5-14)24-9-8-19-22-24/h4-10,13H,11H2,1-3H3,(H2,18,20,25)/t13-/m0/s1. The van der Waals surface area contributed by atoms with E-state index in [0.717, 1.165) is 22.6 Å². The normalized spacial score (nSPS) is 12.0. The Kier molecular flexibility index (Phi) is 4.78. The molecule has 0 unspecified atom stereocenters. The second-order valence-corrected chi connectivity index (χ2v) is 5.89. The third-order valence-electron chi connectivity index (χ3n) is 3.96. The molecule has 0 fully saturated rings. The van der Waals surface area contributed by atoms with Gasteiger partial charge in [0.15, 0.2) is 0 Å². The van der Waals surface area contributed by atoms with Crippen LogP contribution >= 0.6 is 0 Å². The van der Waals surface area contributed by atoms with Crippen molar-refractivity contribution in [2.24, 2.45) is 7.05 Å². The number of urea groups is 1. The van der Waals surface area contributed by atoms with Gasteiger partial charge in [-0.2, -0.15) is 5.10 Å². The summed E-state index contributed by atoms with van der Waals surface area (Å²) in [5.74, 6) is 0. The van der Waals surface area contributed by atoms with E-state index in [1.54, 1.807) is 21.8 Å². The van der Waals surface area contributed by atoms with Crippen molar-refractivity contribution < 1.29 is 4.79 Å². The molecule has 0 aliphatic rings. The van der Waals surface area contributed by atoms with Gasteiger partial charge in [0, 0.05) is 7.05 Å². The first-order valence-corrected chi connectivity index (χ1v) is 8.03. The van der Waals surface area contributed by atoms with E-state index < -0.39 is 0 Å². The van der Waals surface area contributed by atoms with Crippen LogP contribution in [-0.4, -0.2) is 30.8 Å². The predicted octanol–water partition coefficient (Wildman–Crippen LogP) is 1.87. The second-order valence-electron chi connectivity index (χ2n) is 5.89. The summed E-state index contributed by atoms with van der Waals surface area (Å²) < 4.78 is 3.45. The third-order valence-corrected chi connectivity index (χ3v) is 3.96. The molecule has 8 heteroatoms. The molecule has 0 aliphatic heterocycles. The number of carbonyl (C=O) groups is 1. The summed E-state index contributed by atoms with van der Waals surface area (Å²) in [7, 11) is 1.86. The van der Waals surface area contributed by atoms with Crippen molar-refractivity contribution in [2.75, 3.05) is 0 Å². The summed E-state index contributed by atoms with van der Waals surface area (Å²) >= 11 is 0. The molecule has 25 heavy (non-hydrogen) atoms. The Morgan fingerprint density at radius 3 is 2.64 bits per heavy atom. The average molecular weight is 339 g/mol. The quantitative estimate of drug-likeness (QED) is 0.742. The fraction of sp³-hybridized carbons (Fsp3) is 0.294. The minimum atomic E-state index is -0.216. The van der Waals surface area contributed by atoms with Crippen LogP contribution in [0, 0.1) is 6.92 Å². The molecule has 2 N–H and O–H groups in total. The van der Waals surface area contributed by atoms with Crippen LogP contribution in [0.25, 0.3) is 5.69 Å². The number of amides is 2. The topological polar surface area (TPSA) is 89.7 Å². The van der Waals surface area contributed by atoms with E-state index in [9.17, 15) is 4.79 Å². The van der Waals surface area contributed by atoms with Gasteiger partial charge in [0.05, 0.1) is 42.1 Å². The molecule has 0 saturated heterocycles. The van der Waals surface area contributed by atoms with Crippen molar-refractivity contribution in [3.63, 3.8) is 0 Å². The number of benzene rings is 1. The third kappa shape index (κ3) is 4.03. The van der Waals surface area contributed by atoms with E-state index in [-0.39, 0.29) is 12.1 Å². The van der Waals surface area contributed by atoms with Crippen LogP contribution in [0.5, 0.6) is 0 Å². The van der Waals surface area contributed by atoms with Crippen molar-refractivity contribution in [1.29, 1.82) is 0 Å². The Balaban J connectivity index is 1.55. The molecule has 0 spiro atoms. The molecular weight excluding hydrogens is 318 g/mol. The highest BCUT2D eigenvalue weighted by Crippen LogP contribution is 2.15. The lowest BCUT2D eigenvalue weighted by molar-refractivity contribution is 0.237. The number of aryl methyl sites for hydroxylation is 2. The Morgan fingerprint density at radius 2 is 2.04 bits per heavy atom. The van der Waals surface area contributed by atoms with Gasteiger partial charge in [-0.1, -0.05) is 17.3 Å². The summed E-state index contributed by atoms with van der Waals surface area (Å²) in [4.78, 5) is 12.1. The highest BCUT2D eigenvalue weighted by molar-refractivity contribution is 5.74. The van der Waals surface area contributed by atoms with Gasteiger partial charge in [-0.3, -0.25) is 4.68 Å². The first-order chi connectivity index (χ1) is 12.0. The maximum absolute atomic E-state index is 12.1. The maximum atomic E-state index is 12.1. The van der Waals surface area contributed by atoms with Crippen LogP contribution in [-0.2, 0) is 13.6 Å². The zero-order valence-electron chi connectivity index (χ0n) is 14.5. The first-order valence-electron chi connectivity index (χ1n) is 8.03. The van der Waals surface area contributed by atoms with Crippen molar-refractivity contribution in [3.05, 3.63) is 59.7 Å². The molecule has 8 nitrogen and oxygen atoms in total. The lowest BCUT2D eigenvalue weighted by Crippen LogP contribution is -2.37. The van der Waals surface area contributed by atoms with Gasteiger partial charge >= 0.3 is 6.03 Å². The van der Waals surface area contributed by atoms with Crippen molar-refractivity contribution >= 4 is 6.03 Å². The summed E-state index contributed by atoms with van der Waals surface area (Å²) in [6.07, 6.45) is 3.41. The van der Waals surface area contributed by atoms with Crippen LogP contribution in [0.15, 0.2) is 42.7 Å². The highest BCUT2D eigenvalue weighted by atomic mass is 16.2. The molecule has 0 aliphatic carbocycles. The fourth-order valence-electron chi connectivity index (χ4n) is 2.59. The van der Waals surface area contributed by atoms with Gasteiger partial charge in [0.2, 0.25) is 0 Å². The molecule has 1 atom stereocenters. The van der Waals surface area contributed by atoms with E-state index in [2.05, 4.69) is 26.0 Å².